The van der Waals surface area contributed by atoms with Gasteiger partial charge in [0, 0.05) is 0 Å². The molecule has 0 aromatic heterocycles. The zero-order valence-corrected chi connectivity index (χ0v) is 7.99. The molecule has 0 nitrogen and oxygen atoms in total. The minimum absolute atomic E-state index is 4.16. The Morgan fingerprint density at radius 2 is 0.917 bits per heavy atom. The third-order valence-electron chi connectivity index (χ3n) is 1.19. The van der Waals surface area contributed by atoms with E-state index in [9.17, 15) is 24.3 Å². The van der Waals surface area contributed by atoms with Crippen LogP contribution in [-0.2, 0) is 0 Å². The van der Waals surface area contributed by atoms with E-state index in [-0.39, 0.29) is 0 Å². The molecule has 1 fully saturated rings. The molecule has 1 heterocycles. The van der Waals surface area contributed by atoms with Gasteiger partial charge in [-0.3, -0.25) is 0 Å². The average Bonchev–Trinajstić information content (AvgIpc) is 1.84. The maximum absolute atomic E-state index is 12.3. The highest BCUT2D eigenvalue weighted by Gasteiger charge is 2.93. The summed E-state index contributed by atoms with van der Waals surface area (Å²) in [7, 11) is -11.9. The van der Waals surface area contributed by atoms with Gasteiger partial charge in [0.25, 0.3) is 0 Å². The molecule has 0 amide bonds. The molecular formula is C2Cl2F6S2. The predicted molar refractivity (Wildman–Crippen MR) is 39.0 cm³/mol. The van der Waals surface area contributed by atoms with E-state index in [2.05, 4.69) is 23.2 Å². The lowest BCUT2D eigenvalue weighted by molar-refractivity contribution is 0.354. The highest BCUT2D eigenvalue weighted by atomic mass is 35.5. The first-order valence-corrected chi connectivity index (χ1v) is 5.81. The van der Waals surface area contributed by atoms with Gasteiger partial charge in [-0.25, -0.2) is 0 Å². The molecule has 1 aliphatic rings. The molecule has 0 atom stereocenters. The van der Waals surface area contributed by atoms with Crippen LogP contribution in [0.2, 0.25) is 0 Å². The van der Waals surface area contributed by atoms with Crippen LogP contribution in [0.25, 0.3) is 0 Å². The fourth-order valence-electron chi connectivity index (χ4n) is 0.506. The lowest BCUT2D eigenvalue weighted by atomic mass is 11.6. The first kappa shape index (κ1) is 10.9. The molecular weight excluding hydrogens is 273 g/mol. The smallest absolute Gasteiger partial charge is 0.194 e. The molecule has 1 rings (SSSR count). The van der Waals surface area contributed by atoms with Crippen LogP contribution in [-0.4, -0.2) is 7.58 Å². The van der Waals surface area contributed by atoms with Crippen LogP contribution in [0.15, 0.2) is 0 Å². The molecule has 0 aliphatic carbocycles. The first-order valence-electron chi connectivity index (χ1n) is 2.19. The molecule has 0 aromatic carbocycles. The van der Waals surface area contributed by atoms with Crippen LogP contribution >= 0.6 is 44.8 Å². The lowest BCUT2D eigenvalue weighted by Crippen LogP contribution is -2.49. The summed E-state index contributed by atoms with van der Waals surface area (Å²) in [6, 6.07) is 0. The molecule has 0 unspecified atom stereocenters. The Hall–Kier alpha value is 0.860. The molecule has 0 spiro atoms. The van der Waals surface area contributed by atoms with Crippen LogP contribution in [0.4, 0.5) is 24.3 Å². The molecule has 0 saturated carbocycles. The molecule has 1 aliphatic heterocycles. The second-order valence-corrected chi connectivity index (χ2v) is 8.45. The average molecular weight is 273 g/mol. The van der Waals surface area contributed by atoms with Crippen LogP contribution < -0.4 is 0 Å². The van der Waals surface area contributed by atoms with Gasteiger partial charge >= 0.3 is 7.58 Å². The monoisotopic (exact) mass is 272 g/mol. The number of rotatable bonds is 0. The van der Waals surface area contributed by atoms with Gasteiger partial charge < -0.3 is 0 Å². The van der Waals surface area contributed by atoms with E-state index in [1.807, 2.05) is 0 Å². The fourth-order valence-corrected chi connectivity index (χ4v) is 6.03. The molecule has 12 heavy (non-hydrogen) atoms. The predicted octanol–water partition coefficient (Wildman–Crippen LogP) is 4.79. The molecule has 0 aromatic rings. The number of alkyl halides is 4. The van der Waals surface area contributed by atoms with Crippen LogP contribution in [0.5, 0.6) is 0 Å². The van der Waals surface area contributed by atoms with Gasteiger partial charge in [-0.2, -0.15) is 8.78 Å². The fraction of sp³-hybridized carbons (Fsp3) is 1.00. The van der Waals surface area contributed by atoms with E-state index in [0.29, 0.717) is 0 Å². The molecule has 0 radical (unpaired) electrons. The van der Waals surface area contributed by atoms with Crippen molar-refractivity contribution in [2.45, 2.75) is 7.58 Å². The summed E-state index contributed by atoms with van der Waals surface area (Å²) in [6.45, 7) is 0. The molecule has 1 saturated heterocycles. The van der Waals surface area contributed by atoms with E-state index in [1.54, 1.807) is 0 Å². The number of halogens is 8. The van der Waals surface area contributed by atoms with Crippen molar-refractivity contribution >= 4 is 44.8 Å². The summed E-state index contributed by atoms with van der Waals surface area (Å²) >= 11 is 8.31. The van der Waals surface area contributed by atoms with E-state index in [0.717, 1.165) is 0 Å². The van der Waals surface area contributed by atoms with Gasteiger partial charge in [0.05, 0.1) is 0 Å². The van der Waals surface area contributed by atoms with Crippen molar-refractivity contribution in [1.82, 2.24) is 0 Å². The van der Waals surface area contributed by atoms with Gasteiger partial charge in [-0.1, -0.05) is 23.2 Å². The molecule has 0 N–H and O–H groups in total. The van der Waals surface area contributed by atoms with E-state index in [1.165, 1.54) is 0 Å². The van der Waals surface area contributed by atoms with E-state index in [4.69, 9.17) is 0 Å². The van der Waals surface area contributed by atoms with Crippen molar-refractivity contribution in [3.63, 3.8) is 0 Å². The summed E-state index contributed by atoms with van der Waals surface area (Å²) in [5.74, 6) is 0. The van der Waals surface area contributed by atoms with E-state index < -0.39 is 29.2 Å². The van der Waals surface area contributed by atoms with Gasteiger partial charge in [-0.15, -0.1) is 15.5 Å². The Morgan fingerprint density at radius 1 is 0.750 bits per heavy atom. The molecule has 76 valence electrons. The largest absolute Gasteiger partial charge is 0.356 e. The minimum atomic E-state index is -5.96. The van der Waals surface area contributed by atoms with E-state index >= 15 is 0 Å². The zero-order valence-electron chi connectivity index (χ0n) is 4.84. The van der Waals surface area contributed by atoms with Crippen LogP contribution in [0.3, 0.4) is 0 Å². The van der Waals surface area contributed by atoms with Crippen molar-refractivity contribution in [2.24, 2.45) is 0 Å². The zero-order chi connectivity index (χ0) is 10.0. The van der Waals surface area contributed by atoms with Crippen LogP contribution in [0, 0.1) is 0 Å². The number of hydrogen-bond donors (Lipinski definition) is 0. The van der Waals surface area contributed by atoms with Crippen molar-refractivity contribution in [2.75, 3.05) is 0 Å². The number of hydrogen-bond acceptors (Lipinski definition) is 0. The third kappa shape index (κ3) is 0.777. The van der Waals surface area contributed by atoms with Crippen molar-refractivity contribution in [3.8, 4) is 0 Å². The quantitative estimate of drug-likeness (QED) is 0.440. The SMILES string of the molecule is FC1(Cl)S(F)(F)C(F)(Cl)S1(F)F. The van der Waals surface area contributed by atoms with Crippen molar-refractivity contribution in [3.05, 3.63) is 0 Å². The highest BCUT2D eigenvalue weighted by Crippen LogP contribution is 3.05. The first-order chi connectivity index (χ1) is 5.00. The third-order valence-corrected chi connectivity index (χ3v) is 8.42. The summed E-state index contributed by atoms with van der Waals surface area (Å²) in [6.07, 6.45) is 0. The second-order valence-electron chi connectivity index (χ2n) is 1.86. The Balaban J connectivity index is 3.16. The molecule has 0 bridgehead atoms. The standard InChI is InChI=1S/C2Cl2F6S2/c3-1(5)11(7,8)2(4,6)12(1,9)10. The topological polar surface area (TPSA) is 0 Å². The molecule has 10 heteroatoms. The van der Waals surface area contributed by atoms with Crippen LogP contribution in [0.1, 0.15) is 0 Å². The van der Waals surface area contributed by atoms with Gasteiger partial charge in [0.1, 0.15) is 0 Å². The maximum Gasteiger partial charge on any atom is 0.356 e. The minimum Gasteiger partial charge on any atom is -0.194 e. The Morgan fingerprint density at radius 3 is 1.00 bits per heavy atom. The van der Waals surface area contributed by atoms with Crippen molar-refractivity contribution in [1.29, 1.82) is 0 Å². The Bertz CT molecular complexity index is 162. The summed E-state index contributed by atoms with van der Waals surface area (Å²) in [5.41, 5.74) is 0. The van der Waals surface area contributed by atoms with Gasteiger partial charge in [0.15, 0.2) is 21.6 Å². The lowest BCUT2D eigenvalue weighted by Gasteiger charge is -2.56. The summed E-state index contributed by atoms with van der Waals surface area (Å²) in [5, 5.41) is 0. The maximum atomic E-state index is 12.3. The Labute approximate surface area is 77.0 Å². The van der Waals surface area contributed by atoms with Crippen molar-refractivity contribution < 1.29 is 24.3 Å². The normalized spacial score (nSPS) is 55.3. The summed E-state index contributed by atoms with van der Waals surface area (Å²) < 4.78 is 64.2. The van der Waals surface area contributed by atoms with Gasteiger partial charge in [0.2, 0.25) is 0 Å². The highest BCUT2D eigenvalue weighted by molar-refractivity contribution is 8.60. The summed E-state index contributed by atoms with van der Waals surface area (Å²) in [4.78, 5) is 0. The second kappa shape index (κ2) is 2.26. The van der Waals surface area contributed by atoms with Gasteiger partial charge in [-0.05, 0) is 0 Å². The Kier molecular flexibility index (Phi) is 2.06.